The minimum Gasteiger partial charge on any atom is -0.497 e. The van der Waals surface area contributed by atoms with E-state index >= 15 is 0 Å². The minimum atomic E-state index is -0.571. The Hall–Kier alpha value is -3.73. The predicted octanol–water partition coefficient (Wildman–Crippen LogP) is 2.78. The van der Waals surface area contributed by atoms with Gasteiger partial charge in [-0.1, -0.05) is 6.07 Å². The number of non-ortho nitro benzene ring substituents is 1. The number of nitro groups is 1. The molecule has 0 heterocycles. The molecular weight excluding hydrogens is 312 g/mol. The van der Waals surface area contributed by atoms with E-state index in [2.05, 4.69) is 10.5 Å². The maximum absolute atomic E-state index is 12.2. The zero-order chi connectivity index (χ0) is 17.5. The van der Waals surface area contributed by atoms with Crippen molar-refractivity contribution in [2.75, 3.05) is 12.5 Å². The molecule has 0 bridgehead atoms. The number of nitrogens with zero attached hydrogens (tertiary/aromatic N) is 3. The molecule has 1 N–H and O–H groups in total. The van der Waals surface area contributed by atoms with Gasteiger partial charge in [-0.3, -0.25) is 20.3 Å². The number of carbonyl (C=O) groups is 1. The second-order valence-corrected chi connectivity index (χ2v) is 4.55. The number of hydrogen-bond donors (Lipinski definition) is 1. The average molecular weight is 324 g/mol. The molecule has 8 heteroatoms. The summed E-state index contributed by atoms with van der Waals surface area (Å²) in [6, 6.07) is 13.5. The molecule has 0 aromatic heterocycles. The quantitative estimate of drug-likeness (QED) is 0.378. The minimum absolute atomic E-state index is 0.129. The molecule has 2 rings (SSSR count). The Morgan fingerprint density at radius 3 is 2.58 bits per heavy atom. The first-order valence-corrected chi connectivity index (χ1v) is 6.72. The van der Waals surface area contributed by atoms with Gasteiger partial charge in [0.25, 0.3) is 5.69 Å². The first-order valence-electron chi connectivity index (χ1n) is 6.72. The van der Waals surface area contributed by atoms with Crippen LogP contribution >= 0.6 is 0 Å². The van der Waals surface area contributed by atoms with Crippen molar-refractivity contribution in [1.82, 2.24) is 0 Å². The van der Waals surface area contributed by atoms with Crippen LogP contribution in [0.2, 0.25) is 0 Å². The molecule has 0 radical (unpaired) electrons. The first kappa shape index (κ1) is 16.6. The van der Waals surface area contributed by atoms with Crippen LogP contribution in [0.4, 0.5) is 11.4 Å². The van der Waals surface area contributed by atoms with Gasteiger partial charge in [0.05, 0.1) is 17.7 Å². The number of ketones is 1. The molecule has 0 fully saturated rings. The van der Waals surface area contributed by atoms with Gasteiger partial charge >= 0.3 is 0 Å². The number of rotatable bonds is 6. The van der Waals surface area contributed by atoms with Crippen LogP contribution in [0.15, 0.2) is 53.6 Å². The van der Waals surface area contributed by atoms with E-state index in [-0.39, 0.29) is 17.0 Å². The predicted molar refractivity (Wildman–Crippen MR) is 87.1 cm³/mol. The fourth-order valence-corrected chi connectivity index (χ4v) is 1.82. The molecule has 0 unspecified atom stereocenters. The number of ether oxygens (including phenoxy) is 1. The summed E-state index contributed by atoms with van der Waals surface area (Å²) in [4.78, 5) is 22.4. The normalized spacial score (nSPS) is 10.6. The third-order valence-electron chi connectivity index (χ3n) is 3.03. The molecule has 0 amide bonds. The molecule has 0 saturated carbocycles. The molecule has 0 aliphatic carbocycles. The van der Waals surface area contributed by atoms with Crippen molar-refractivity contribution in [3.8, 4) is 11.8 Å². The Kier molecular flexibility index (Phi) is 5.20. The molecule has 0 atom stereocenters. The van der Waals surface area contributed by atoms with Crippen LogP contribution in [0.1, 0.15) is 10.4 Å². The van der Waals surface area contributed by atoms with Crippen molar-refractivity contribution < 1.29 is 14.5 Å². The summed E-state index contributed by atoms with van der Waals surface area (Å²) in [6.07, 6.45) is 0. The summed E-state index contributed by atoms with van der Waals surface area (Å²) in [5.74, 6) is 0.00907. The second-order valence-electron chi connectivity index (χ2n) is 4.55. The molecule has 120 valence electrons. The first-order chi connectivity index (χ1) is 11.5. The lowest BCUT2D eigenvalue weighted by molar-refractivity contribution is -0.384. The third kappa shape index (κ3) is 3.92. The number of anilines is 1. The highest BCUT2D eigenvalue weighted by Gasteiger charge is 2.14. The maximum Gasteiger partial charge on any atom is 0.271 e. The number of nitriles is 1. The Labute approximate surface area is 137 Å². The summed E-state index contributed by atoms with van der Waals surface area (Å²) >= 11 is 0. The summed E-state index contributed by atoms with van der Waals surface area (Å²) in [5, 5.41) is 23.6. The van der Waals surface area contributed by atoms with Gasteiger partial charge in [-0.05, 0) is 30.3 Å². The van der Waals surface area contributed by atoms with Gasteiger partial charge < -0.3 is 4.74 Å². The number of nitrogens with one attached hydrogen (secondary N) is 1. The van der Waals surface area contributed by atoms with Crippen LogP contribution in [0.3, 0.4) is 0 Å². The lowest BCUT2D eigenvalue weighted by Crippen LogP contribution is -2.14. The van der Waals surface area contributed by atoms with Crippen LogP contribution in [0.5, 0.6) is 5.75 Å². The van der Waals surface area contributed by atoms with E-state index in [1.165, 1.54) is 43.5 Å². The number of carbonyl (C=O) groups excluding carboxylic acids is 1. The lowest BCUT2D eigenvalue weighted by Gasteiger charge is -2.03. The van der Waals surface area contributed by atoms with E-state index in [0.29, 0.717) is 11.4 Å². The van der Waals surface area contributed by atoms with Crippen LogP contribution in [-0.2, 0) is 0 Å². The molecule has 0 spiro atoms. The maximum atomic E-state index is 12.2. The number of nitro benzene ring substituents is 1. The number of benzene rings is 2. The van der Waals surface area contributed by atoms with E-state index in [1.807, 2.05) is 0 Å². The Bertz CT molecular complexity index is 838. The molecule has 0 aliphatic heterocycles. The largest absolute Gasteiger partial charge is 0.497 e. The fourth-order valence-electron chi connectivity index (χ4n) is 1.82. The van der Waals surface area contributed by atoms with E-state index in [0.717, 1.165) is 0 Å². The van der Waals surface area contributed by atoms with Crippen molar-refractivity contribution >= 4 is 22.9 Å². The summed E-state index contributed by atoms with van der Waals surface area (Å²) in [7, 11) is 1.50. The van der Waals surface area contributed by atoms with Gasteiger partial charge in [-0.2, -0.15) is 10.4 Å². The zero-order valence-electron chi connectivity index (χ0n) is 12.6. The van der Waals surface area contributed by atoms with Crippen molar-refractivity contribution in [3.05, 3.63) is 64.2 Å². The fraction of sp³-hybridized carbons (Fsp3) is 0.0625. The highest BCUT2D eigenvalue weighted by atomic mass is 16.6. The zero-order valence-corrected chi connectivity index (χ0v) is 12.6. The summed E-state index contributed by atoms with van der Waals surface area (Å²) in [5.41, 5.74) is 2.55. The summed E-state index contributed by atoms with van der Waals surface area (Å²) in [6.45, 7) is 0. The molecule has 0 saturated heterocycles. The number of hydrogen-bond acceptors (Lipinski definition) is 7. The van der Waals surface area contributed by atoms with Gasteiger partial charge in [0.15, 0.2) is 0 Å². The van der Waals surface area contributed by atoms with Crippen molar-refractivity contribution in [2.24, 2.45) is 5.10 Å². The van der Waals surface area contributed by atoms with E-state index in [4.69, 9.17) is 10.00 Å². The topological polar surface area (TPSA) is 118 Å². The molecule has 8 nitrogen and oxygen atoms in total. The molecule has 24 heavy (non-hydrogen) atoms. The number of methoxy groups -OCH3 is 1. The van der Waals surface area contributed by atoms with Crippen molar-refractivity contribution in [2.45, 2.75) is 0 Å². The molecule has 2 aromatic rings. The van der Waals surface area contributed by atoms with Gasteiger partial charge in [-0.25, -0.2) is 0 Å². The standard InChI is InChI=1S/C16H12N4O4/c1-24-14-7-5-11(6-8-14)16(21)15(10-17)19-18-12-3-2-4-13(9-12)20(22)23/h2-9,18H,1H3/b19-15+. The average Bonchev–Trinajstić information content (AvgIpc) is 2.62. The lowest BCUT2D eigenvalue weighted by atomic mass is 10.1. The van der Waals surface area contributed by atoms with Gasteiger partial charge in [0.1, 0.15) is 11.8 Å². The van der Waals surface area contributed by atoms with Gasteiger partial charge in [0, 0.05) is 17.7 Å². The van der Waals surface area contributed by atoms with Crippen LogP contribution in [0.25, 0.3) is 0 Å². The van der Waals surface area contributed by atoms with E-state index in [1.54, 1.807) is 18.2 Å². The van der Waals surface area contributed by atoms with E-state index < -0.39 is 10.7 Å². The van der Waals surface area contributed by atoms with Crippen LogP contribution in [-0.4, -0.2) is 23.5 Å². The second kappa shape index (κ2) is 7.51. The van der Waals surface area contributed by atoms with Crippen molar-refractivity contribution in [1.29, 1.82) is 5.26 Å². The summed E-state index contributed by atoms with van der Waals surface area (Å²) < 4.78 is 5.00. The van der Waals surface area contributed by atoms with Crippen LogP contribution < -0.4 is 10.2 Å². The Morgan fingerprint density at radius 1 is 1.29 bits per heavy atom. The molecule has 2 aromatic carbocycles. The number of hydrazone groups is 1. The molecular formula is C16H12N4O4. The Morgan fingerprint density at radius 2 is 2.00 bits per heavy atom. The van der Waals surface area contributed by atoms with Crippen LogP contribution in [0, 0.1) is 21.4 Å². The monoisotopic (exact) mass is 324 g/mol. The highest BCUT2D eigenvalue weighted by Crippen LogP contribution is 2.17. The van der Waals surface area contributed by atoms with Gasteiger partial charge in [-0.15, -0.1) is 0 Å². The molecule has 0 aliphatic rings. The number of Topliss-reactive ketones (excluding diaryl/α,β-unsaturated/α-hetero) is 1. The highest BCUT2D eigenvalue weighted by molar-refractivity contribution is 6.51. The van der Waals surface area contributed by atoms with E-state index in [9.17, 15) is 14.9 Å². The third-order valence-corrected chi connectivity index (χ3v) is 3.03. The smallest absolute Gasteiger partial charge is 0.271 e. The SMILES string of the molecule is COc1ccc(C(=O)/C(C#N)=N/Nc2cccc([N+](=O)[O-])c2)cc1. The Balaban J connectivity index is 2.19. The van der Waals surface area contributed by atoms with Crippen molar-refractivity contribution in [3.63, 3.8) is 0 Å². The van der Waals surface area contributed by atoms with Gasteiger partial charge in [0.2, 0.25) is 11.5 Å².